The normalized spacial score (nSPS) is 13.9. The van der Waals surface area contributed by atoms with Gasteiger partial charge in [-0.25, -0.2) is 0 Å². The van der Waals surface area contributed by atoms with Crippen LogP contribution in [-0.2, 0) is 0 Å². The Labute approximate surface area is 70.8 Å². The van der Waals surface area contributed by atoms with Crippen LogP contribution < -0.4 is 10.6 Å². The summed E-state index contributed by atoms with van der Waals surface area (Å²) in [5, 5.41) is 6.70. The molecule has 0 aromatic rings. The SMILES string of the molecule is CCCNCC(NC)C(C)C. The first-order valence-corrected chi connectivity index (χ1v) is 4.60. The van der Waals surface area contributed by atoms with E-state index < -0.39 is 0 Å². The Morgan fingerprint density at radius 2 is 1.91 bits per heavy atom. The van der Waals surface area contributed by atoms with Gasteiger partial charge < -0.3 is 10.6 Å². The molecule has 0 aliphatic carbocycles. The van der Waals surface area contributed by atoms with Crippen molar-refractivity contribution in [2.45, 2.75) is 33.2 Å². The van der Waals surface area contributed by atoms with E-state index in [0.717, 1.165) is 13.1 Å². The summed E-state index contributed by atoms with van der Waals surface area (Å²) in [5.41, 5.74) is 0. The van der Waals surface area contributed by atoms with E-state index >= 15 is 0 Å². The molecule has 0 amide bonds. The van der Waals surface area contributed by atoms with Crippen molar-refractivity contribution in [3.05, 3.63) is 0 Å². The van der Waals surface area contributed by atoms with Crippen LogP contribution in [0.3, 0.4) is 0 Å². The van der Waals surface area contributed by atoms with Gasteiger partial charge in [0.05, 0.1) is 0 Å². The zero-order valence-corrected chi connectivity index (χ0v) is 8.28. The number of nitrogens with one attached hydrogen (secondary N) is 2. The molecule has 2 nitrogen and oxygen atoms in total. The molecule has 0 rings (SSSR count). The van der Waals surface area contributed by atoms with E-state index in [-0.39, 0.29) is 0 Å². The molecule has 1 unspecified atom stereocenters. The molecule has 0 aliphatic heterocycles. The minimum Gasteiger partial charge on any atom is -0.315 e. The number of likely N-dealkylation sites (N-methyl/N-ethyl adjacent to an activating group) is 1. The standard InChI is InChI=1S/C9H22N2/c1-5-6-11-7-9(10-4)8(2)3/h8-11H,5-7H2,1-4H3. The van der Waals surface area contributed by atoms with Gasteiger partial charge in [0.2, 0.25) is 0 Å². The van der Waals surface area contributed by atoms with E-state index in [4.69, 9.17) is 0 Å². The van der Waals surface area contributed by atoms with E-state index in [0.29, 0.717) is 12.0 Å². The molecule has 0 heterocycles. The van der Waals surface area contributed by atoms with Crippen LogP contribution in [0.4, 0.5) is 0 Å². The fraction of sp³-hybridized carbons (Fsp3) is 1.00. The fourth-order valence-electron chi connectivity index (χ4n) is 1.11. The van der Waals surface area contributed by atoms with Crippen molar-refractivity contribution in [1.29, 1.82) is 0 Å². The van der Waals surface area contributed by atoms with Gasteiger partial charge in [-0.2, -0.15) is 0 Å². The summed E-state index contributed by atoms with van der Waals surface area (Å²) in [6.07, 6.45) is 1.22. The molecule has 0 aromatic carbocycles. The van der Waals surface area contributed by atoms with Gasteiger partial charge in [0.25, 0.3) is 0 Å². The molecule has 68 valence electrons. The predicted molar refractivity (Wildman–Crippen MR) is 50.8 cm³/mol. The van der Waals surface area contributed by atoms with Gasteiger partial charge in [-0.05, 0) is 25.9 Å². The minimum atomic E-state index is 0.613. The van der Waals surface area contributed by atoms with Crippen LogP contribution >= 0.6 is 0 Å². The molecule has 2 heteroatoms. The Morgan fingerprint density at radius 1 is 1.27 bits per heavy atom. The van der Waals surface area contributed by atoms with Crippen molar-refractivity contribution in [2.24, 2.45) is 5.92 Å². The van der Waals surface area contributed by atoms with Gasteiger partial charge in [0.1, 0.15) is 0 Å². The Kier molecular flexibility index (Phi) is 6.57. The van der Waals surface area contributed by atoms with Gasteiger partial charge in [0.15, 0.2) is 0 Å². The lowest BCUT2D eigenvalue weighted by Crippen LogP contribution is -2.40. The van der Waals surface area contributed by atoms with Crippen molar-refractivity contribution in [2.75, 3.05) is 20.1 Å². The van der Waals surface area contributed by atoms with E-state index in [1.165, 1.54) is 6.42 Å². The summed E-state index contributed by atoms with van der Waals surface area (Å²) in [4.78, 5) is 0. The van der Waals surface area contributed by atoms with Crippen LogP contribution in [0.15, 0.2) is 0 Å². The molecule has 0 aromatic heterocycles. The Hall–Kier alpha value is -0.0800. The molecular formula is C9H22N2. The number of hydrogen-bond acceptors (Lipinski definition) is 2. The average molecular weight is 158 g/mol. The van der Waals surface area contributed by atoms with Crippen LogP contribution in [0.25, 0.3) is 0 Å². The lowest BCUT2D eigenvalue weighted by molar-refractivity contribution is 0.403. The third kappa shape index (κ3) is 5.22. The third-order valence-corrected chi connectivity index (χ3v) is 1.97. The van der Waals surface area contributed by atoms with E-state index in [2.05, 4.69) is 31.4 Å². The molecule has 11 heavy (non-hydrogen) atoms. The highest BCUT2D eigenvalue weighted by molar-refractivity contribution is 4.70. The molecule has 0 aliphatic rings. The molecule has 0 radical (unpaired) electrons. The lowest BCUT2D eigenvalue weighted by Gasteiger charge is -2.20. The molecule has 0 spiro atoms. The van der Waals surface area contributed by atoms with Crippen LogP contribution in [0.2, 0.25) is 0 Å². The fourth-order valence-corrected chi connectivity index (χ4v) is 1.11. The van der Waals surface area contributed by atoms with Crippen molar-refractivity contribution in [1.82, 2.24) is 10.6 Å². The van der Waals surface area contributed by atoms with E-state index in [1.54, 1.807) is 0 Å². The van der Waals surface area contributed by atoms with Gasteiger partial charge in [-0.15, -0.1) is 0 Å². The third-order valence-electron chi connectivity index (χ3n) is 1.97. The van der Waals surface area contributed by atoms with Crippen molar-refractivity contribution in [3.8, 4) is 0 Å². The highest BCUT2D eigenvalue weighted by atomic mass is 15.0. The summed E-state index contributed by atoms with van der Waals surface area (Å²) in [6, 6.07) is 0.613. The van der Waals surface area contributed by atoms with Crippen molar-refractivity contribution < 1.29 is 0 Å². The molecule has 1 atom stereocenters. The number of rotatable bonds is 6. The van der Waals surface area contributed by atoms with Gasteiger partial charge in [-0.1, -0.05) is 20.8 Å². The van der Waals surface area contributed by atoms with Gasteiger partial charge in [-0.3, -0.25) is 0 Å². The van der Waals surface area contributed by atoms with Crippen molar-refractivity contribution >= 4 is 0 Å². The molecular weight excluding hydrogens is 136 g/mol. The Balaban J connectivity index is 3.36. The van der Waals surface area contributed by atoms with Gasteiger partial charge in [0, 0.05) is 12.6 Å². The molecule has 0 bridgehead atoms. The topological polar surface area (TPSA) is 24.1 Å². The highest BCUT2D eigenvalue weighted by Crippen LogP contribution is 1.98. The Bertz CT molecular complexity index is 81.6. The van der Waals surface area contributed by atoms with Crippen LogP contribution in [-0.4, -0.2) is 26.2 Å². The minimum absolute atomic E-state index is 0.613. The molecule has 2 N–H and O–H groups in total. The first-order chi connectivity index (χ1) is 5.22. The first kappa shape index (κ1) is 10.9. The Morgan fingerprint density at radius 3 is 2.27 bits per heavy atom. The molecule has 0 saturated carbocycles. The highest BCUT2D eigenvalue weighted by Gasteiger charge is 2.08. The summed E-state index contributed by atoms with van der Waals surface area (Å²) >= 11 is 0. The second-order valence-electron chi connectivity index (χ2n) is 3.34. The maximum absolute atomic E-state index is 3.40. The van der Waals surface area contributed by atoms with E-state index in [9.17, 15) is 0 Å². The number of hydrogen-bond donors (Lipinski definition) is 2. The lowest BCUT2D eigenvalue weighted by atomic mass is 10.1. The van der Waals surface area contributed by atoms with Crippen LogP contribution in [0, 0.1) is 5.92 Å². The molecule has 0 saturated heterocycles. The average Bonchev–Trinajstić information content (AvgIpc) is 1.97. The smallest absolute Gasteiger partial charge is 0.0212 e. The second-order valence-corrected chi connectivity index (χ2v) is 3.34. The second kappa shape index (κ2) is 6.62. The summed E-state index contributed by atoms with van der Waals surface area (Å²) < 4.78 is 0. The van der Waals surface area contributed by atoms with Crippen LogP contribution in [0.1, 0.15) is 27.2 Å². The predicted octanol–water partition coefficient (Wildman–Crippen LogP) is 1.23. The molecule has 0 fully saturated rings. The quantitative estimate of drug-likeness (QED) is 0.568. The van der Waals surface area contributed by atoms with Gasteiger partial charge >= 0.3 is 0 Å². The van der Waals surface area contributed by atoms with Crippen LogP contribution in [0.5, 0.6) is 0 Å². The zero-order chi connectivity index (χ0) is 8.69. The first-order valence-electron chi connectivity index (χ1n) is 4.60. The monoisotopic (exact) mass is 158 g/mol. The summed E-state index contributed by atoms with van der Waals surface area (Å²) in [5.74, 6) is 0.712. The maximum Gasteiger partial charge on any atom is 0.0212 e. The largest absolute Gasteiger partial charge is 0.315 e. The zero-order valence-electron chi connectivity index (χ0n) is 8.28. The summed E-state index contributed by atoms with van der Waals surface area (Å²) in [7, 11) is 2.03. The summed E-state index contributed by atoms with van der Waals surface area (Å²) in [6.45, 7) is 8.90. The maximum atomic E-state index is 3.40. The van der Waals surface area contributed by atoms with E-state index in [1.807, 2.05) is 7.05 Å². The van der Waals surface area contributed by atoms with Crippen molar-refractivity contribution in [3.63, 3.8) is 0 Å².